The van der Waals surface area contributed by atoms with E-state index in [1.54, 1.807) is 12.1 Å². The Bertz CT molecular complexity index is 758. The average molecular weight is 333 g/mol. The van der Waals surface area contributed by atoms with Crippen LogP contribution in [0.3, 0.4) is 0 Å². The quantitative estimate of drug-likeness (QED) is 0.723. The molecule has 0 saturated heterocycles. The van der Waals surface area contributed by atoms with Gasteiger partial charge in [0.05, 0.1) is 10.9 Å². The molecule has 0 unspecified atom stereocenters. The van der Waals surface area contributed by atoms with Crippen molar-refractivity contribution in [2.24, 2.45) is 0 Å². The molecule has 100 valence electrons. The van der Waals surface area contributed by atoms with Crippen LogP contribution >= 0.6 is 15.9 Å². The number of halogens is 2. The second-order valence-corrected chi connectivity index (χ2v) is 5.14. The van der Waals surface area contributed by atoms with Crippen molar-refractivity contribution < 1.29 is 9.13 Å². The summed E-state index contributed by atoms with van der Waals surface area (Å²) in [6.07, 6.45) is 1.44. The standard InChI is InChI=1S/C15H10BrFN2O/c16-11-6-5-10(13(17)7-11)8-20-15-12-3-1-2-4-14(12)18-9-19-15/h1-7,9H,8H2. The zero-order chi connectivity index (χ0) is 13.9. The van der Waals surface area contributed by atoms with E-state index in [9.17, 15) is 4.39 Å². The summed E-state index contributed by atoms with van der Waals surface area (Å²) in [5.74, 6) is 0.149. The predicted molar refractivity (Wildman–Crippen MR) is 78.0 cm³/mol. The zero-order valence-electron chi connectivity index (χ0n) is 10.4. The van der Waals surface area contributed by atoms with Gasteiger partial charge in [-0.2, -0.15) is 0 Å². The molecule has 0 spiro atoms. The molecule has 1 aromatic heterocycles. The first-order chi connectivity index (χ1) is 9.74. The SMILES string of the molecule is Fc1cc(Br)ccc1COc1ncnc2ccccc12. The maximum Gasteiger partial charge on any atom is 0.224 e. The minimum Gasteiger partial charge on any atom is -0.472 e. The van der Waals surface area contributed by atoms with E-state index in [-0.39, 0.29) is 12.4 Å². The number of ether oxygens (including phenoxy) is 1. The molecule has 0 atom stereocenters. The fourth-order valence-corrected chi connectivity index (χ4v) is 2.21. The molecule has 0 aliphatic heterocycles. The number of rotatable bonds is 3. The maximum absolute atomic E-state index is 13.7. The fourth-order valence-electron chi connectivity index (χ4n) is 1.88. The molecule has 5 heteroatoms. The Morgan fingerprint density at radius 1 is 1.10 bits per heavy atom. The monoisotopic (exact) mass is 332 g/mol. The predicted octanol–water partition coefficient (Wildman–Crippen LogP) is 4.11. The summed E-state index contributed by atoms with van der Waals surface area (Å²) in [5.41, 5.74) is 1.28. The highest BCUT2D eigenvalue weighted by molar-refractivity contribution is 9.10. The van der Waals surface area contributed by atoms with Gasteiger partial charge in [0.2, 0.25) is 5.88 Å². The lowest BCUT2D eigenvalue weighted by molar-refractivity contribution is 0.291. The lowest BCUT2D eigenvalue weighted by Crippen LogP contribution is -2.00. The second-order valence-electron chi connectivity index (χ2n) is 4.22. The van der Waals surface area contributed by atoms with Crippen molar-refractivity contribution in [1.29, 1.82) is 0 Å². The number of para-hydroxylation sites is 1. The van der Waals surface area contributed by atoms with Crippen LogP contribution in [0.5, 0.6) is 5.88 Å². The van der Waals surface area contributed by atoms with Crippen LogP contribution in [0.2, 0.25) is 0 Å². The molecule has 3 aromatic rings. The third kappa shape index (κ3) is 2.63. The van der Waals surface area contributed by atoms with Crippen molar-refractivity contribution in [2.45, 2.75) is 6.61 Å². The summed E-state index contributed by atoms with van der Waals surface area (Å²) in [6, 6.07) is 12.4. The summed E-state index contributed by atoms with van der Waals surface area (Å²) in [5, 5.41) is 0.813. The highest BCUT2D eigenvalue weighted by Crippen LogP contribution is 2.22. The molecule has 0 N–H and O–H groups in total. The Morgan fingerprint density at radius 3 is 2.80 bits per heavy atom. The van der Waals surface area contributed by atoms with E-state index in [1.165, 1.54) is 12.4 Å². The molecule has 3 nitrogen and oxygen atoms in total. The highest BCUT2D eigenvalue weighted by atomic mass is 79.9. The van der Waals surface area contributed by atoms with Crippen molar-refractivity contribution in [2.75, 3.05) is 0 Å². The summed E-state index contributed by atoms with van der Waals surface area (Å²) >= 11 is 3.22. The molecule has 20 heavy (non-hydrogen) atoms. The number of aromatic nitrogens is 2. The molecule has 1 heterocycles. The molecule has 0 fully saturated rings. The van der Waals surface area contributed by atoms with Crippen LogP contribution in [0.4, 0.5) is 4.39 Å². The average Bonchev–Trinajstić information content (AvgIpc) is 2.46. The van der Waals surface area contributed by atoms with E-state index in [0.717, 1.165) is 10.9 Å². The molecule has 0 saturated carbocycles. The van der Waals surface area contributed by atoms with Gasteiger partial charge >= 0.3 is 0 Å². The topological polar surface area (TPSA) is 35.0 Å². The van der Waals surface area contributed by atoms with Crippen LogP contribution in [0.15, 0.2) is 53.3 Å². The maximum atomic E-state index is 13.7. The second kappa shape index (κ2) is 5.54. The van der Waals surface area contributed by atoms with Crippen molar-refractivity contribution >= 4 is 26.8 Å². The van der Waals surface area contributed by atoms with Crippen molar-refractivity contribution in [3.05, 3.63) is 64.6 Å². The van der Waals surface area contributed by atoms with Gasteiger partial charge in [-0.3, -0.25) is 0 Å². The largest absolute Gasteiger partial charge is 0.472 e. The lowest BCUT2D eigenvalue weighted by atomic mass is 10.2. The molecular weight excluding hydrogens is 323 g/mol. The summed E-state index contributed by atoms with van der Waals surface area (Å²) in [6.45, 7) is 0.125. The van der Waals surface area contributed by atoms with Crippen molar-refractivity contribution in [1.82, 2.24) is 9.97 Å². The van der Waals surface area contributed by atoms with Gasteiger partial charge in [0.25, 0.3) is 0 Å². The van der Waals surface area contributed by atoms with E-state index in [4.69, 9.17) is 4.74 Å². The van der Waals surface area contributed by atoms with Gasteiger partial charge in [-0.05, 0) is 24.3 Å². The third-order valence-corrected chi connectivity index (χ3v) is 3.38. The Morgan fingerprint density at radius 2 is 1.95 bits per heavy atom. The van der Waals surface area contributed by atoms with Gasteiger partial charge in [-0.1, -0.05) is 34.1 Å². The normalized spacial score (nSPS) is 10.7. The van der Waals surface area contributed by atoms with E-state index < -0.39 is 0 Å². The molecular formula is C15H10BrFN2O. The van der Waals surface area contributed by atoms with Crippen LogP contribution in [0.25, 0.3) is 10.9 Å². The molecule has 2 aromatic carbocycles. The van der Waals surface area contributed by atoms with Crippen molar-refractivity contribution in [3.8, 4) is 5.88 Å². The number of hydrogen-bond acceptors (Lipinski definition) is 3. The van der Waals surface area contributed by atoms with Crippen molar-refractivity contribution in [3.63, 3.8) is 0 Å². The van der Waals surface area contributed by atoms with Gasteiger partial charge in [0.1, 0.15) is 18.8 Å². The van der Waals surface area contributed by atoms with Crippen LogP contribution < -0.4 is 4.74 Å². The Hall–Kier alpha value is -2.01. The smallest absolute Gasteiger partial charge is 0.224 e. The van der Waals surface area contributed by atoms with Gasteiger partial charge in [-0.15, -0.1) is 0 Å². The molecule has 0 aliphatic rings. The summed E-state index contributed by atoms with van der Waals surface area (Å²) in [4.78, 5) is 8.26. The number of benzene rings is 2. The molecule has 0 amide bonds. The zero-order valence-corrected chi connectivity index (χ0v) is 12.0. The Labute approximate surface area is 123 Å². The minimum atomic E-state index is -0.308. The summed E-state index contributed by atoms with van der Waals surface area (Å²) < 4.78 is 20.0. The molecule has 3 rings (SSSR count). The Balaban J connectivity index is 1.87. The molecule has 0 aliphatic carbocycles. The van der Waals surface area contributed by atoms with E-state index in [0.29, 0.717) is 15.9 Å². The lowest BCUT2D eigenvalue weighted by Gasteiger charge is -2.08. The molecule has 0 radical (unpaired) electrons. The summed E-state index contributed by atoms with van der Waals surface area (Å²) in [7, 11) is 0. The van der Waals surface area contributed by atoms with Crippen LogP contribution in [0, 0.1) is 5.82 Å². The first-order valence-electron chi connectivity index (χ1n) is 6.00. The van der Waals surface area contributed by atoms with Gasteiger partial charge in [-0.25, -0.2) is 14.4 Å². The number of hydrogen-bond donors (Lipinski definition) is 0. The van der Waals surface area contributed by atoms with Gasteiger partial charge in [0.15, 0.2) is 0 Å². The first kappa shape index (κ1) is 13.0. The van der Waals surface area contributed by atoms with E-state index in [2.05, 4.69) is 25.9 Å². The fraction of sp³-hybridized carbons (Fsp3) is 0.0667. The van der Waals surface area contributed by atoms with Crippen LogP contribution in [-0.2, 0) is 6.61 Å². The molecule has 0 bridgehead atoms. The number of nitrogens with zero attached hydrogens (tertiary/aromatic N) is 2. The van der Waals surface area contributed by atoms with E-state index in [1.807, 2.05) is 24.3 Å². The van der Waals surface area contributed by atoms with Crippen LogP contribution in [-0.4, -0.2) is 9.97 Å². The first-order valence-corrected chi connectivity index (χ1v) is 6.80. The van der Waals surface area contributed by atoms with Gasteiger partial charge < -0.3 is 4.74 Å². The van der Waals surface area contributed by atoms with E-state index >= 15 is 0 Å². The minimum absolute atomic E-state index is 0.125. The van der Waals surface area contributed by atoms with Gasteiger partial charge in [0, 0.05) is 10.0 Å². The highest BCUT2D eigenvalue weighted by Gasteiger charge is 2.07. The van der Waals surface area contributed by atoms with Crippen LogP contribution in [0.1, 0.15) is 5.56 Å². The third-order valence-electron chi connectivity index (χ3n) is 2.89. The number of fused-ring (bicyclic) bond motifs is 1. The Kier molecular flexibility index (Phi) is 3.60.